The van der Waals surface area contributed by atoms with Gasteiger partial charge >= 0.3 is 0 Å². The van der Waals surface area contributed by atoms with E-state index in [1.165, 1.54) is 5.56 Å². The molecule has 1 saturated heterocycles. The van der Waals surface area contributed by atoms with E-state index in [-0.39, 0.29) is 16.7 Å². The Labute approximate surface area is 183 Å². The normalized spacial score (nSPS) is 14.6. The van der Waals surface area contributed by atoms with Crippen molar-refractivity contribution >= 4 is 34.6 Å². The summed E-state index contributed by atoms with van der Waals surface area (Å²) in [7, 11) is 0. The zero-order valence-electron chi connectivity index (χ0n) is 16.5. The lowest BCUT2D eigenvalue weighted by atomic mass is 10.0. The van der Waals surface area contributed by atoms with Gasteiger partial charge in [0.25, 0.3) is 17.3 Å². The summed E-state index contributed by atoms with van der Waals surface area (Å²) in [6, 6.07) is 13.0. The second-order valence-electron chi connectivity index (χ2n) is 7.22. The fourth-order valence-electron chi connectivity index (χ4n) is 3.41. The van der Waals surface area contributed by atoms with E-state index in [9.17, 15) is 25.0 Å². The first-order valence-corrected chi connectivity index (χ1v) is 10.0. The lowest BCUT2D eigenvalue weighted by Crippen LogP contribution is -2.48. The van der Waals surface area contributed by atoms with Crippen LogP contribution in [0.5, 0.6) is 0 Å². The molecular weight excluding hydrogens is 422 g/mol. The summed E-state index contributed by atoms with van der Waals surface area (Å²) in [4.78, 5) is 35.2. The van der Waals surface area contributed by atoms with Crippen LogP contribution in [0.25, 0.3) is 0 Å². The first-order valence-electron chi connectivity index (χ1n) is 9.64. The van der Waals surface area contributed by atoms with Crippen molar-refractivity contribution in [3.8, 4) is 0 Å². The third kappa shape index (κ3) is 6.27. The number of rotatable bonds is 6. The average molecular weight is 443 g/mol. The van der Waals surface area contributed by atoms with Gasteiger partial charge in [-0.15, -0.1) is 0 Å². The summed E-state index contributed by atoms with van der Waals surface area (Å²) in [6.07, 6.45) is 1.68. The Balaban J connectivity index is 1.52. The Kier molecular flexibility index (Phi) is 7.21. The maximum Gasteiger partial charge on any atom is 0.277 e. The molecule has 0 aromatic heterocycles. The molecule has 2 aromatic carbocycles. The van der Waals surface area contributed by atoms with Crippen LogP contribution >= 0.6 is 12.2 Å². The van der Waals surface area contributed by atoms with E-state index in [0.29, 0.717) is 0 Å². The van der Waals surface area contributed by atoms with Gasteiger partial charge in [-0.1, -0.05) is 30.3 Å². The van der Waals surface area contributed by atoms with Crippen molar-refractivity contribution in [3.63, 3.8) is 0 Å². The van der Waals surface area contributed by atoms with E-state index in [1.54, 1.807) is 0 Å². The zero-order valence-corrected chi connectivity index (χ0v) is 17.3. The molecule has 1 aliphatic heterocycles. The molecule has 1 heterocycles. The van der Waals surface area contributed by atoms with Crippen molar-refractivity contribution in [1.82, 2.24) is 15.5 Å². The maximum absolute atomic E-state index is 12.4. The van der Waals surface area contributed by atoms with Gasteiger partial charge < -0.3 is 5.32 Å². The Morgan fingerprint density at radius 1 is 1.03 bits per heavy atom. The highest BCUT2D eigenvalue weighted by atomic mass is 32.1. The SMILES string of the molecule is O=C(NC(=S)NC1CCN(Cc2ccccc2)CC1)c1cc([N+](=O)[O-])cc([N+](=O)[O-])c1. The highest BCUT2D eigenvalue weighted by molar-refractivity contribution is 7.80. The molecular formula is C20H21N5O5S. The molecule has 31 heavy (non-hydrogen) atoms. The largest absolute Gasteiger partial charge is 0.360 e. The first-order chi connectivity index (χ1) is 14.8. The molecule has 1 amide bonds. The number of nitrogens with zero attached hydrogens (tertiary/aromatic N) is 3. The number of hydrogen-bond donors (Lipinski definition) is 2. The molecule has 0 bridgehead atoms. The van der Waals surface area contributed by atoms with Crippen molar-refractivity contribution in [3.05, 3.63) is 79.9 Å². The predicted molar refractivity (Wildman–Crippen MR) is 118 cm³/mol. The van der Waals surface area contributed by atoms with Crippen LogP contribution in [0.4, 0.5) is 11.4 Å². The number of carbonyl (C=O) groups excluding carboxylic acids is 1. The molecule has 0 aliphatic carbocycles. The second kappa shape index (κ2) is 10.0. The van der Waals surface area contributed by atoms with Crippen LogP contribution in [0.2, 0.25) is 0 Å². The number of carbonyl (C=O) groups is 1. The van der Waals surface area contributed by atoms with Gasteiger partial charge in [0, 0.05) is 37.8 Å². The van der Waals surface area contributed by atoms with E-state index in [1.807, 2.05) is 18.2 Å². The minimum absolute atomic E-state index is 0.0827. The van der Waals surface area contributed by atoms with Gasteiger partial charge in [-0.25, -0.2) is 0 Å². The average Bonchev–Trinajstić information content (AvgIpc) is 2.75. The van der Waals surface area contributed by atoms with Gasteiger partial charge in [-0.2, -0.15) is 0 Å². The van der Waals surface area contributed by atoms with Crippen LogP contribution < -0.4 is 10.6 Å². The highest BCUT2D eigenvalue weighted by Gasteiger charge is 2.22. The number of hydrogen-bond acceptors (Lipinski definition) is 7. The third-order valence-corrected chi connectivity index (χ3v) is 5.21. The number of benzene rings is 2. The summed E-state index contributed by atoms with van der Waals surface area (Å²) in [5.74, 6) is -0.745. The highest BCUT2D eigenvalue weighted by Crippen LogP contribution is 2.22. The first kappa shape index (κ1) is 22.2. The molecule has 1 aliphatic rings. The van der Waals surface area contributed by atoms with Crippen LogP contribution in [0.1, 0.15) is 28.8 Å². The van der Waals surface area contributed by atoms with Gasteiger partial charge in [0.05, 0.1) is 21.5 Å². The molecule has 10 nitrogen and oxygen atoms in total. The molecule has 0 unspecified atom stereocenters. The molecule has 0 spiro atoms. The minimum Gasteiger partial charge on any atom is -0.360 e. The monoisotopic (exact) mass is 443 g/mol. The molecule has 0 radical (unpaired) electrons. The summed E-state index contributed by atoms with van der Waals surface area (Å²) in [5, 5.41) is 27.6. The summed E-state index contributed by atoms with van der Waals surface area (Å²) < 4.78 is 0. The molecule has 1 fully saturated rings. The van der Waals surface area contributed by atoms with Crippen LogP contribution in [-0.4, -0.2) is 44.9 Å². The molecule has 2 aromatic rings. The standard InChI is InChI=1S/C20H21N5O5S/c26-19(15-10-17(24(27)28)12-18(11-15)25(29)30)22-20(31)21-16-6-8-23(9-7-16)13-14-4-2-1-3-5-14/h1-5,10-12,16H,6-9,13H2,(H2,21,22,26,31). The number of piperidine rings is 1. The molecule has 3 rings (SSSR count). The fourth-order valence-corrected chi connectivity index (χ4v) is 3.67. The molecule has 0 saturated carbocycles. The van der Waals surface area contributed by atoms with Crippen molar-refractivity contribution in [2.75, 3.05) is 13.1 Å². The maximum atomic E-state index is 12.4. The summed E-state index contributed by atoms with van der Waals surface area (Å²) in [5.41, 5.74) is -0.0292. The van der Waals surface area contributed by atoms with Crippen molar-refractivity contribution in [2.45, 2.75) is 25.4 Å². The van der Waals surface area contributed by atoms with Crippen LogP contribution in [0.15, 0.2) is 48.5 Å². The fraction of sp³-hybridized carbons (Fsp3) is 0.300. The van der Waals surface area contributed by atoms with E-state index in [0.717, 1.165) is 50.7 Å². The number of thiocarbonyl (C=S) groups is 1. The molecule has 0 atom stereocenters. The summed E-state index contributed by atoms with van der Waals surface area (Å²) in [6.45, 7) is 2.63. The van der Waals surface area contributed by atoms with Crippen LogP contribution in [0, 0.1) is 20.2 Å². The van der Waals surface area contributed by atoms with Gasteiger partial charge in [0.15, 0.2) is 5.11 Å². The Bertz CT molecular complexity index is 960. The Hall–Kier alpha value is -3.44. The predicted octanol–water partition coefficient (Wildman–Crippen LogP) is 2.77. The van der Waals surface area contributed by atoms with E-state index >= 15 is 0 Å². The van der Waals surface area contributed by atoms with Gasteiger partial charge in [0.1, 0.15) is 0 Å². The summed E-state index contributed by atoms with van der Waals surface area (Å²) >= 11 is 5.19. The van der Waals surface area contributed by atoms with Crippen molar-refractivity contribution in [2.24, 2.45) is 0 Å². The molecule has 2 N–H and O–H groups in total. The van der Waals surface area contributed by atoms with Gasteiger partial charge in [-0.05, 0) is 30.6 Å². The smallest absolute Gasteiger partial charge is 0.277 e. The van der Waals surface area contributed by atoms with Crippen molar-refractivity contribution in [1.29, 1.82) is 0 Å². The topological polar surface area (TPSA) is 131 Å². The minimum atomic E-state index is -0.788. The number of nitro benzene ring substituents is 2. The number of non-ortho nitro benzene ring substituents is 2. The number of nitrogens with one attached hydrogen (secondary N) is 2. The van der Waals surface area contributed by atoms with Crippen LogP contribution in [-0.2, 0) is 6.54 Å². The second-order valence-corrected chi connectivity index (χ2v) is 7.62. The Morgan fingerprint density at radius 3 is 2.16 bits per heavy atom. The molecule has 11 heteroatoms. The quantitative estimate of drug-likeness (QED) is 0.396. The van der Waals surface area contributed by atoms with E-state index in [4.69, 9.17) is 12.2 Å². The van der Waals surface area contributed by atoms with Crippen molar-refractivity contribution < 1.29 is 14.6 Å². The molecule has 162 valence electrons. The van der Waals surface area contributed by atoms with Crippen LogP contribution in [0.3, 0.4) is 0 Å². The third-order valence-electron chi connectivity index (χ3n) is 4.99. The van der Waals surface area contributed by atoms with E-state index < -0.39 is 27.1 Å². The van der Waals surface area contributed by atoms with Gasteiger partial charge in [-0.3, -0.25) is 35.2 Å². The van der Waals surface area contributed by atoms with E-state index in [2.05, 4.69) is 27.7 Å². The zero-order chi connectivity index (χ0) is 22.4. The lowest BCUT2D eigenvalue weighted by molar-refractivity contribution is -0.394. The number of amides is 1. The Morgan fingerprint density at radius 2 is 1.61 bits per heavy atom. The van der Waals surface area contributed by atoms with Gasteiger partial charge in [0.2, 0.25) is 0 Å². The lowest BCUT2D eigenvalue weighted by Gasteiger charge is -2.32. The number of likely N-dealkylation sites (tertiary alicyclic amines) is 1. The number of nitro groups is 2.